The van der Waals surface area contributed by atoms with Gasteiger partial charge in [0.1, 0.15) is 11.6 Å². The average Bonchev–Trinajstić information content (AvgIpc) is 3.20. The van der Waals surface area contributed by atoms with Crippen molar-refractivity contribution in [3.05, 3.63) is 58.2 Å². The minimum Gasteiger partial charge on any atom is -0.507 e. The largest absolute Gasteiger partial charge is 0.507 e. The Balaban J connectivity index is 1.71. The maximum Gasteiger partial charge on any atom is 0.295 e. The van der Waals surface area contributed by atoms with E-state index in [1.165, 1.54) is 17.0 Å². The fraction of sp³-hybridized carbons (Fsp3) is 0.458. The smallest absolute Gasteiger partial charge is 0.295 e. The van der Waals surface area contributed by atoms with Crippen LogP contribution < -0.4 is 0 Å². The van der Waals surface area contributed by atoms with Gasteiger partial charge in [0, 0.05) is 38.9 Å². The molecule has 0 aliphatic carbocycles. The van der Waals surface area contributed by atoms with Gasteiger partial charge in [-0.15, -0.1) is 0 Å². The van der Waals surface area contributed by atoms with Crippen LogP contribution in [-0.2, 0) is 21.4 Å². The fourth-order valence-corrected chi connectivity index (χ4v) is 4.64. The third-order valence-electron chi connectivity index (χ3n) is 6.45. The lowest BCUT2D eigenvalue weighted by atomic mass is 9.94. The second-order valence-electron chi connectivity index (χ2n) is 8.52. The van der Waals surface area contributed by atoms with Crippen molar-refractivity contribution in [3.63, 3.8) is 0 Å². The zero-order valence-electron chi connectivity index (χ0n) is 19.2. The van der Waals surface area contributed by atoms with Crippen LogP contribution in [0.15, 0.2) is 29.8 Å². The Bertz CT molecular complexity index is 1090. The van der Waals surface area contributed by atoms with Gasteiger partial charge >= 0.3 is 0 Å². The molecule has 0 unspecified atom stereocenters. The van der Waals surface area contributed by atoms with E-state index in [0.29, 0.717) is 48.7 Å². The molecule has 9 heteroatoms. The van der Waals surface area contributed by atoms with Gasteiger partial charge in [-0.25, -0.2) is 4.39 Å². The number of nitrogens with zero attached hydrogens (tertiary/aromatic N) is 4. The summed E-state index contributed by atoms with van der Waals surface area (Å²) in [6, 6.07) is 4.90. The number of Topliss-reactive ketones (excluding diaryl/α,β-unsaturated/α-hetero) is 1. The van der Waals surface area contributed by atoms with Crippen molar-refractivity contribution < 1.29 is 23.8 Å². The van der Waals surface area contributed by atoms with E-state index in [4.69, 9.17) is 4.74 Å². The van der Waals surface area contributed by atoms with Gasteiger partial charge < -0.3 is 14.7 Å². The van der Waals surface area contributed by atoms with Gasteiger partial charge in [-0.2, -0.15) is 5.10 Å². The predicted molar refractivity (Wildman–Crippen MR) is 120 cm³/mol. The number of hydrogen-bond acceptors (Lipinski definition) is 6. The number of benzene rings is 1. The quantitative estimate of drug-likeness (QED) is 0.408. The van der Waals surface area contributed by atoms with Crippen LogP contribution in [0.2, 0.25) is 0 Å². The first-order chi connectivity index (χ1) is 15.8. The SMILES string of the molecule is Cc1nn(C)c(C)c1/C(O)=C1\C(=O)C(=O)N(CCCN2CCOCC2)[C@H]1c1ccc(F)cc1. The molecule has 1 N–H and O–H groups in total. The summed E-state index contributed by atoms with van der Waals surface area (Å²) in [5.41, 5.74) is 2.26. The van der Waals surface area contributed by atoms with Gasteiger partial charge in [0.05, 0.1) is 36.1 Å². The van der Waals surface area contributed by atoms with Crippen LogP contribution >= 0.6 is 0 Å². The molecule has 3 heterocycles. The Morgan fingerprint density at radius 2 is 1.82 bits per heavy atom. The number of ketones is 1. The maximum absolute atomic E-state index is 13.6. The molecule has 1 aromatic carbocycles. The van der Waals surface area contributed by atoms with E-state index in [-0.39, 0.29) is 11.3 Å². The first-order valence-electron chi connectivity index (χ1n) is 11.1. The first kappa shape index (κ1) is 23.1. The number of carbonyl (C=O) groups is 2. The first-order valence-corrected chi connectivity index (χ1v) is 11.1. The molecule has 1 atom stereocenters. The number of aliphatic hydroxyl groups excluding tert-OH is 1. The van der Waals surface area contributed by atoms with Gasteiger partial charge in [-0.1, -0.05) is 12.1 Å². The topological polar surface area (TPSA) is 87.9 Å². The third kappa shape index (κ3) is 4.43. The summed E-state index contributed by atoms with van der Waals surface area (Å²) in [5, 5.41) is 15.6. The van der Waals surface area contributed by atoms with E-state index in [0.717, 1.165) is 19.6 Å². The Morgan fingerprint density at radius 3 is 2.42 bits per heavy atom. The highest BCUT2D eigenvalue weighted by atomic mass is 19.1. The van der Waals surface area contributed by atoms with Gasteiger partial charge in [0.2, 0.25) is 0 Å². The third-order valence-corrected chi connectivity index (χ3v) is 6.45. The number of aryl methyl sites for hydroxylation is 2. The van der Waals surface area contributed by atoms with Crippen LogP contribution in [0.1, 0.15) is 35.0 Å². The number of aromatic nitrogens is 2. The van der Waals surface area contributed by atoms with Crippen molar-refractivity contribution in [2.24, 2.45) is 7.05 Å². The molecular weight excluding hydrogens is 427 g/mol. The molecule has 0 radical (unpaired) electrons. The number of amides is 1. The van der Waals surface area contributed by atoms with Crippen molar-refractivity contribution in [1.82, 2.24) is 19.6 Å². The van der Waals surface area contributed by atoms with E-state index in [1.54, 1.807) is 37.7 Å². The highest BCUT2D eigenvalue weighted by Gasteiger charge is 2.46. The molecule has 1 aromatic heterocycles. The molecule has 2 saturated heterocycles. The summed E-state index contributed by atoms with van der Waals surface area (Å²) < 4.78 is 20.6. The average molecular weight is 457 g/mol. The molecular formula is C24H29FN4O4. The molecule has 0 spiro atoms. The summed E-state index contributed by atoms with van der Waals surface area (Å²) >= 11 is 0. The van der Waals surface area contributed by atoms with Crippen LogP contribution in [0.25, 0.3) is 5.76 Å². The van der Waals surface area contributed by atoms with Gasteiger partial charge in [-0.3, -0.25) is 19.2 Å². The number of morpholine rings is 1. The van der Waals surface area contributed by atoms with E-state index in [9.17, 15) is 19.1 Å². The summed E-state index contributed by atoms with van der Waals surface area (Å²) in [4.78, 5) is 29.9. The van der Waals surface area contributed by atoms with Crippen LogP contribution in [0.5, 0.6) is 0 Å². The lowest BCUT2D eigenvalue weighted by Gasteiger charge is -2.29. The molecule has 176 valence electrons. The molecule has 2 aromatic rings. The number of aliphatic hydroxyl groups is 1. The second-order valence-corrected chi connectivity index (χ2v) is 8.52. The molecule has 2 aliphatic rings. The number of carbonyl (C=O) groups excluding carboxylic acids is 2. The van der Waals surface area contributed by atoms with Crippen molar-refractivity contribution in [1.29, 1.82) is 0 Å². The molecule has 2 fully saturated rings. The summed E-state index contributed by atoms with van der Waals surface area (Å²) in [6.45, 7) is 7.68. The van der Waals surface area contributed by atoms with Crippen molar-refractivity contribution in [2.75, 3.05) is 39.4 Å². The van der Waals surface area contributed by atoms with E-state index >= 15 is 0 Å². The number of hydrogen-bond donors (Lipinski definition) is 1. The minimum absolute atomic E-state index is 0.0113. The molecule has 33 heavy (non-hydrogen) atoms. The zero-order chi connectivity index (χ0) is 23.7. The van der Waals surface area contributed by atoms with Crippen molar-refractivity contribution in [3.8, 4) is 0 Å². The predicted octanol–water partition coefficient (Wildman–Crippen LogP) is 2.32. The van der Waals surface area contributed by atoms with Crippen LogP contribution in [-0.4, -0.2) is 75.8 Å². The zero-order valence-corrected chi connectivity index (χ0v) is 19.2. The maximum atomic E-state index is 13.6. The molecule has 1 amide bonds. The molecule has 2 aliphatic heterocycles. The fourth-order valence-electron chi connectivity index (χ4n) is 4.64. The Hall–Kier alpha value is -3.04. The number of halogens is 1. The summed E-state index contributed by atoms with van der Waals surface area (Å²) in [7, 11) is 1.75. The standard InChI is InChI=1S/C24H29FN4O4/c1-15-19(16(2)27(3)26-15)22(30)20-21(17-5-7-18(25)8-6-17)29(24(32)23(20)31)10-4-9-28-11-13-33-14-12-28/h5-8,21,30H,4,9-14H2,1-3H3/b22-20+/t21-/m0/s1. The number of likely N-dealkylation sites (tertiary alicyclic amines) is 1. The Morgan fingerprint density at radius 1 is 1.15 bits per heavy atom. The Labute approximate surface area is 192 Å². The Kier molecular flexibility index (Phi) is 6.62. The monoisotopic (exact) mass is 456 g/mol. The lowest BCUT2D eigenvalue weighted by Crippen LogP contribution is -2.38. The number of ether oxygens (including phenoxy) is 1. The van der Waals surface area contributed by atoms with Crippen LogP contribution in [0.3, 0.4) is 0 Å². The van der Waals surface area contributed by atoms with Gasteiger partial charge in [-0.05, 0) is 38.0 Å². The lowest BCUT2D eigenvalue weighted by molar-refractivity contribution is -0.140. The second kappa shape index (κ2) is 9.44. The van der Waals surface area contributed by atoms with E-state index < -0.39 is 23.5 Å². The van der Waals surface area contributed by atoms with E-state index in [2.05, 4.69) is 10.00 Å². The highest BCUT2D eigenvalue weighted by Crippen LogP contribution is 2.40. The van der Waals surface area contributed by atoms with E-state index in [1.807, 2.05) is 0 Å². The molecule has 0 bridgehead atoms. The summed E-state index contributed by atoms with van der Waals surface area (Å²) in [6.07, 6.45) is 0.662. The molecule has 0 saturated carbocycles. The minimum atomic E-state index is -0.797. The normalized spacial score (nSPS) is 21.2. The van der Waals surface area contributed by atoms with Crippen molar-refractivity contribution >= 4 is 17.4 Å². The number of rotatable bonds is 6. The van der Waals surface area contributed by atoms with Gasteiger partial charge in [0.25, 0.3) is 11.7 Å². The summed E-state index contributed by atoms with van der Waals surface area (Å²) in [5.74, 6) is -2.06. The molecule has 4 rings (SSSR count). The van der Waals surface area contributed by atoms with Gasteiger partial charge in [0.15, 0.2) is 0 Å². The van der Waals surface area contributed by atoms with Crippen LogP contribution in [0, 0.1) is 19.7 Å². The van der Waals surface area contributed by atoms with Crippen molar-refractivity contribution in [2.45, 2.75) is 26.3 Å². The van der Waals surface area contributed by atoms with Crippen LogP contribution in [0.4, 0.5) is 4.39 Å². The molecule has 8 nitrogen and oxygen atoms in total. The highest BCUT2D eigenvalue weighted by molar-refractivity contribution is 6.46.